The largest absolute Gasteiger partial charge is 2.00 e. The van der Waals surface area contributed by atoms with Gasteiger partial charge in [-0.3, -0.25) is 0 Å². The van der Waals surface area contributed by atoms with Crippen molar-refractivity contribution in [3.63, 3.8) is 0 Å². The summed E-state index contributed by atoms with van der Waals surface area (Å²) >= 11 is 0. The van der Waals surface area contributed by atoms with E-state index < -0.39 is 5.09 Å². The van der Waals surface area contributed by atoms with Crippen LogP contribution >= 0.6 is 0 Å². The molecule has 1 N–H and O–H groups in total. The molecule has 0 heterocycles. The maximum atomic E-state index is 8.25. The van der Waals surface area contributed by atoms with E-state index in [0.717, 1.165) is 0 Å². The van der Waals surface area contributed by atoms with E-state index in [1.165, 1.54) is 0 Å². The van der Waals surface area contributed by atoms with Crippen LogP contribution in [0.25, 0.3) is 0 Å². The van der Waals surface area contributed by atoms with Gasteiger partial charge in [-0.2, -0.15) is 0 Å². The minimum Gasteiger partial charge on any atom is -0.870 e. The molecule has 3 radical (unpaired) electrons. The molecule has 0 aromatic rings. The van der Waals surface area contributed by atoms with Crippen LogP contribution in [0.2, 0.25) is 0 Å². The van der Waals surface area contributed by atoms with Crippen LogP contribution in [0.3, 0.4) is 0 Å². The first-order valence-electron chi connectivity index (χ1n) is 0.548. The normalized spacial score (nSPS) is 4.00. The second-order valence-electron chi connectivity index (χ2n) is 0.224. The van der Waals surface area contributed by atoms with Gasteiger partial charge >= 0.3 is 26.2 Å². The summed E-state index contributed by atoms with van der Waals surface area (Å²) in [7, 11) is 0. The molecule has 0 saturated heterocycles. The smallest absolute Gasteiger partial charge is 0.870 e. The Balaban J connectivity index is -0.00000000450. The zero-order chi connectivity index (χ0) is 3.58. The average molecular weight is 294 g/mol. The third kappa shape index (κ3) is 20100. The van der Waals surface area contributed by atoms with Gasteiger partial charge in [0.15, 0.2) is 0 Å². The summed E-state index contributed by atoms with van der Waals surface area (Å²) in [4.78, 5) is 8.25. The number of nitrogens with zero attached hydrogens (tertiary/aromatic N) is 1. The second-order valence-corrected chi connectivity index (χ2v) is 0.224. The van der Waals surface area contributed by atoms with Crippen LogP contribution in [0, 0.1) is 15.3 Å². The molecule has 0 bridgehead atoms. The molecule has 6 heavy (non-hydrogen) atoms. The van der Waals surface area contributed by atoms with E-state index in [1.807, 2.05) is 0 Å². The van der Waals surface area contributed by atoms with Crippen LogP contribution in [0.5, 0.6) is 0 Å². The van der Waals surface area contributed by atoms with Crippen LogP contribution in [0.15, 0.2) is 0 Å². The van der Waals surface area contributed by atoms with Crippen molar-refractivity contribution in [1.82, 2.24) is 0 Å². The average Bonchev–Trinajstić information content (AvgIpc) is 0.811. The summed E-state index contributed by atoms with van der Waals surface area (Å²) in [5, 5.41) is 14.8. The first kappa shape index (κ1) is 16.6. The van der Waals surface area contributed by atoms with Crippen LogP contribution in [0.1, 0.15) is 4.28 Å². The van der Waals surface area contributed by atoms with E-state index in [0.29, 0.717) is 0 Å². The Labute approximate surface area is 57.0 Å². The van der Waals surface area contributed by atoms with Gasteiger partial charge in [-0.05, 0) is 0 Å². The molecule has 0 spiro atoms. The molecule has 0 atom stereocenters. The Hall–Kier alpha value is 0.0431. The Bertz CT molecular complexity index is 38.8. The zero-order valence-electron chi connectivity index (χ0n) is 2.57. The van der Waals surface area contributed by atoms with Crippen LogP contribution in [-0.2, 0) is 0 Å². The summed E-state index contributed by atoms with van der Waals surface area (Å²) in [6.07, 6.45) is 0. The fourth-order valence-corrected chi connectivity index (χ4v) is 0. The predicted molar refractivity (Wildman–Crippen MR) is 24.4 cm³/mol. The van der Waals surface area contributed by atoms with Gasteiger partial charge in [0, 0.05) is 4.28 Å². The zero-order valence-corrected chi connectivity index (χ0v) is 6.04. The molecule has 5 nitrogen and oxygen atoms in total. The quantitative estimate of drug-likeness (QED) is 0.355. The standard InChI is InChI=1S/Bi.NO3.H2O.3H2/c;2-1(3)4;;;;/h;;1H2;3*1H/q+2;-1;;;;/p-1. The maximum Gasteiger partial charge on any atom is 2.00 e. The van der Waals surface area contributed by atoms with Gasteiger partial charge in [0.25, 0.3) is 0 Å². The van der Waals surface area contributed by atoms with Crippen molar-refractivity contribution in [3.05, 3.63) is 15.3 Å². The Morgan fingerprint density at radius 2 is 1.50 bits per heavy atom. The first-order chi connectivity index (χ1) is 1.73. The van der Waals surface area contributed by atoms with Crippen molar-refractivity contribution in [3.8, 4) is 0 Å². The Morgan fingerprint density at radius 1 is 1.50 bits per heavy atom. The monoisotopic (exact) mass is 294 g/mol. The van der Waals surface area contributed by atoms with Gasteiger partial charge < -0.3 is 20.8 Å². The minimum atomic E-state index is -1.75. The van der Waals surface area contributed by atoms with Crippen molar-refractivity contribution >= 4 is 26.2 Å². The molecular formula is H7BiNO4. The van der Waals surface area contributed by atoms with Gasteiger partial charge in [0.05, 0.1) is 5.09 Å². The molecule has 41 valence electrons. The van der Waals surface area contributed by atoms with Crippen molar-refractivity contribution in [1.29, 1.82) is 0 Å². The number of hydrogen-bond donors (Lipinski definition) is 0. The SMILES string of the molecule is O=[N+]([O-])[O-].[Bi+2].[HH].[HH].[HH].[OH-]. The van der Waals surface area contributed by atoms with E-state index in [4.69, 9.17) is 15.3 Å². The van der Waals surface area contributed by atoms with Gasteiger partial charge in [-0.15, -0.1) is 0 Å². The summed E-state index contributed by atoms with van der Waals surface area (Å²) in [6.45, 7) is 0. The molecule has 0 aliphatic rings. The summed E-state index contributed by atoms with van der Waals surface area (Å²) in [5.41, 5.74) is 0. The van der Waals surface area contributed by atoms with Crippen molar-refractivity contribution in [2.45, 2.75) is 0 Å². The van der Waals surface area contributed by atoms with Gasteiger partial charge in [0.1, 0.15) is 0 Å². The summed E-state index contributed by atoms with van der Waals surface area (Å²) < 4.78 is 0. The molecule has 0 aliphatic carbocycles. The Morgan fingerprint density at radius 3 is 1.50 bits per heavy atom. The molecule has 0 rings (SSSR count). The molecule has 0 aromatic carbocycles. The Kier molecular flexibility index (Phi) is 24.6. The second kappa shape index (κ2) is 8.90. The molecule has 0 aliphatic heterocycles. The van der Waals surface area contributed by atoms with Crippen LogP contribution < -0.4 is 0 Å². The van der Waals surface area contributed by atoms with E-state index in [1.54, 1.807) is 0 Å². The molecule has 0 aromatic heterocycles. The molecule has 0 unspecified atom stereocenters. The first-order valence-corrected chi connectivity index (χ1v) is 0.548. The van der Waals surface area contributed by atoms with E-state index >= 15 is 0 Å². The topological polar surface area (TPSA) is 96.2 Å². The predicted octanol–water partition coefficient (Wildman–Crippen LogP) is -0.0587. The third-order valence-electron chi connectivity index (χ3n) is 0. The van der Waals surface area contributed by atoms with E-state index in [9.17, 15) is 0 Å². The molecule has 0 fully saturated rings. The van der Waals surface area contributed by atoms with Gasteiger partial charge in [-0.25, -0.2) is 0 Å². The minimum absolute atomic E-state index is 0. The third-order valence-corrected chi connectivity index (χ3v) is 0. The van der Waals surface area contributed by atoms with E-state index in [2.05, 4.69) is 0 Å². The van der Waals surface area contributed by atoms with Crippen LogP contribution in [0.4, 0.5) is 0 Å². The summed E-state index contributed by atoms with van der Waals surface area (Å²) in [5.74, 6) is 0. The van der Waals surface area contributed by atoms with Crippen molar-refractivity contribution in [2.24, 2.45) is 0 Å². The molecular weight excluding hydrogens is 287 g/mol. The summed E-state index contributed by atoms with van der Waals surface area (Å²) in [6, 6.07) is 0. The maximum absolute atomic E-state index is 8.25. The van der Waals surface area contributed by atoms with Crippen LogP contribution in [-0.4, -0.2) is 36.8 Å². The molecule has 0 amide bonds. The fourth-order valence-electron chi connectivity index (χ4n) is 0. The fraction of sp³-hybridized carbons (Fsp3) is 0. The number of hydrogen-bond acceptors (Lipinski definition) is 4. The van der Waals surface area contributed by atoms with Gasteiger partial charge in [0.2, 0.25) is 0 Å². The molecule has 6 heteroatoms. The molecule has 0 saturated carbocycles. The van der Waals surface area contributed by atoms with Crippen molar-refractivity contribution in [2.75, 3.05) is 0 Å². The number of rotatable bonds is 0. The van der Waals surface area contributed by atoms with E-state index in [-0.39, 0.29) is 36.0 Å². The van der Waals surface area contributed by atoms with Crippen molar-refractivity contribution < 1.29 is 14.8 Å². The van der Waals surface area contributed by atoms with Gasteiger partial charge in [-0.1, -0.05) is 0 Å².